The fourth-order valence-electron chi connectivity index (χ4n) is 0.545. The molecular weight excluding hydrogens is 298 g/mol. The molecule has 13 heteroatoms. The lowest BCUT2D eigenvalue weighted by Crippen LogP contribution is -2.56. The standard InChI is InChI=1S/C4H5F4NO6S2/c1-16(12,13)9-17(14,15)4(7,8)3(5,6)2(10)11/h9H,1H3,(H,10,11). The first-order chi connectivity index (χ1) is 7.15. The molecule has 0 atom stereocenters. The van der Waals surface area contributed by atoms with E-state index in [0.717, 1.165) is 0 Å². The molecule has 0 aliphatic carbocycles. The largest absolute Gasteiger partial charge is 0.477 e. The van der Waals surface area contributed by atoms with Crippen molar-refractivity contribution in [3.63, 3.8) is 0 Å². The molecule has 0 bridgehead atoms. The summed E-state index contributed by atoms with van der Waals surface area (Å²) in [6, 6.07) is 0. The van der Waals surface area contributed by atoms with E-state index in [4.69, 9.17) is 5.11 Å². The minimum absolute atomic E-state index is 0.111. The minimum Gasteiger partial charge on any atom is -0.477 e. The summed E-state index contributed by atoms with van der Waals surface area (Å²) in [6.07, 6.45) is 0.111. The molecule has 0 heterocycles. The predicted molar refractivity (Wildman–Crippen MR) is 44.4 cm³/mol. The predicted octanol–water partition coefficient (Wildman–Crippen LogP) is -0.822. The molecule has 2 N–H and O–H groups in total. The molecular formula is C4H5F4NO6S2. The van der Waals surface area contributed by atoms with Crippen molar-refractivity contribution < 1.29 is 44.3 Å². The van der Waals surface area contributed by atoms with Gasteiger partial charge in [0.15, 0.2) is 0 Å². The fourth-order valence-corrected chi connectivity index (χ4v) is 2.98. The molecule has 0 aromatic rings. The van der Waals surface area contributed by atoms with Gasteiger partial charge in [0.05, 0.1) is 6.26 Å². The van der Waals surface area contributed by atoms with Crippen LogP contribution in [0.3, 0.4) is 0 Å². The highest BCUT2D eigenvalue weighted by atomic mass is 32.3. The monoisotopic (exact) mass is 303 g/mol. The van der Waals surface area contributed by atoms with Gasteiger partial charge >= 0.3 is 17.1 Å². The molecule has 0 aromatic carbocycles. The molecule has 0 spiro atoms. The first-order valence-corrected chi connectivity index (χ1v) is 6.75. The second kappa shape index (κ2) is 4.06. The first kappa shape index (κ1) is 16.1. The second-order valence-electron chi connectivity index (χ2n) is 2.76. The Hall–Kier alpha value is -0.950. The molecule has 0 unspecified atom stereocenters. The summed E-state index contributed by atoms with van der Waals surface area (Å²) in [7, 11) is -11.2. The van der Waals surface area contributed by atoms with E-state index in [0.29, 0.717) is 0 Å². The molecule has 102 valence electrons. The molecule has 0 aliphatic rings. The fraction of sp³-hybridized carbons (Fsp3) is 0.750. The van der Waals surface area contributed by atoms with Gasteiger partial charge in [0.2, 0.25) is 10.0 Å². The summed E-state index contributed by atoms with van der Waals surface area (Å²) < 4.78 is 92.6. The average molecular weight is 303 g/mol. The van der Waals surface area contributed by atoms with E-state index in [1.165, 1.54) is 0 Å². The SMILES string of the molecule is CS(=O)(=O)NS(=O)(=O)C(F)(F)C(F)(F)C(=O)O. The van der Waals surface area contributed by atoms with Crippen LogP contribution in [0, 0.1) is 0 Å². The van der Waals surface area contributed by atoms with E-state index in [2.05, 4.69) is 0 Å². The van der Waals surface area contributed by atoms with E-state index in [-0.39, 0.29) is 10.4 Å². The maximum absolute atomic E-state index is 12.7. The van der Waals surface area contributed by atoms with Crippen molar-refractivity contribution in [3.8, 4) is 0 Å². The summed E-state index contributed by atoms with van der Waals surface area (Å²) in [5.74, 6) is -9.40. The topological polar surface area (TPSA) is 118 Å². The van der Waals surface area contributed by atoms with Crippen molar-refractivity contribution >= 4 is 26.0 Å². The van der Waals surface area contributed by atoms with Gasteiger partial charge in [-0.15, -0.1) is 4.13 Å². The molecule has 0 radical (unpaired) electrons. The lowest BCUT2D eigenvalue weighted by Gasteiger charge is -2.22. The summed E-state index contributed by atoms with van der Waals surface area (Å²) in [5.41, 5.74) is 0. The Morgan fingerprint density at radius 1 is 1.12 bits per heavy atom. The van der Waals surface area contributed by atoms with Crippen LogP contribution in [0.1, 0.15) is 0 Å². The number of hydrogen-bond acceptors (Lipinski definition) is 5. The number of rotatable bonds is 5. The number of aliphatic carboxylic acids is 1. The number of carboxylic acids is 1. The molecule has 0 saturated heterocycles. The quantitative estimate of drug-likeness (QED) is 0.641. The van der Waals surface area contributed by atoms with Crippen LogP contribution in [0.2, 0.25) is 0 Å². The average Bonchev–Trinajstić information content (AvgIpc) is 1.98. The molecule has 0 fully saturated rings. The maximum Gasteiger partial charge on any atom is 0.432 e. The number of halogens is 4. The molecule has 0 amide bonds. The van der Waals surface area contributed by atoms with Crippen LogP contribution in [0.4, 0.5) is 17.6 Å². The summed E-state index contributed by atoms with van der Waals surface area (Å²) in [4.78, 5) is 9.81. The summed E-state index contributed by atoms with van der Waals surface area (Å²) in [5, 5.41) is 1.64. The van der Waals surface area contributed by atoms with Gasteiger partial charge in [-0.25, -0.2) is 21.6 Å². The number of carbonyl (C=O) groups is 1. The van der Waals surface area contributed by atoms with Crippen LogP contribution in [0.5, 0.6) is 0 Å². The maximum atomic E-state index is 12.7. The second-order valence-corrected chi connectivity index (χ2v) is 6.49. The molecule has 0 saturated carbocycles. The Labute approximate surface area is 92.5 Å². The van der Waals surface area contributed by atoms with E-state index in [1.54, 1.807) is 0 Å². The highest BCUT2D eigenvalue weighted by molar-refractivity contribution is 8.04. The number of alkyl halides is 4. The van der Waals surface area contributed by atoms with Gasteiger partial charge in [0, 0.05) is 0 Å². The van der Waals surface area contributed by atoms with E-state index < -0.39 is 37.2 Å². The van der Waals surface area contributed by atoms with Crippen molar-refractivity contribution in [2.24, 2.45) is 0 Å². The van der Waals surface area contributed by atoms with Crippen molar-refractivity contribution in [1.82, 2.24) is 4.13 Å². The normalized spacial score (nSPS) is 14.6. The molecule has 0 aliphatic heterocycles. The van der Waals surface area contributed by atoms with Crippen molar-refractivity contribution in [3.05, 3.63) is 0 Å². The third-order valence-electron chi connectivity index (χ3n) is 1.23. The minimum atomic E-state index is -6.42. The van der Waals surface area contributed by atoms with Gasteiger partial charge in [-0.2, -0.15) is 17.6 Å². The Kier molecular flexibility index (Phi) is 3.83. The number of nitrogens with one attached hydrogen (secondary N) is 1. The van der Waals surface area contributed by atoms with Gasteiger partial charge in [0.25, 0.3) is 10.0 Å². The van der Waals surface area contributed by atoms with Gasteiger partial charge < -0.3 is 5.11 Å². The van der Waals surface area contributed by atoms with E-state index >= 15 is 0 Å². The number of sulfonamides is 2. The zero-order valence-corrected chi connectivity index (χ0v) is 9.45. The van der Waals surface area contributed by atoms with Crippen molar-refractivity contribution in [2.75, 3.05) is 6.26 Å². The Bertz CT molecular complexity index is 522. The molecule has 0 aromatic heterocycles. The van der Waals surface area contributed by atoms with Crippen LogP contribution in [-0.2, 0) is 24.8 Å². The van der Waals surface area contributed by atoms with Gasteiger partial charge in [-0.1, -0.05) is 0 Å². The molecule has 17 heavy (non-hydrogen) atoms. The zero-order valence-electron chi connectivity index (χ0n) is 7.82. The van der Waals surface area contributed by atoms with Crippen LogP contribution in [0.15, 0.2) is 0 Å². The van der Waals surface area contributed by atoms with Crippen LogP contribution in [-0.4, -0.2) is 45.3 Å². The highest BCUT2D eigenvalue weighted by Gasteiger charge is 2.71. The molecule has 7 nitrogen and oxygen atoms in total. The van der Waals surface area contributed by atoms with Crippen molar-refractivity contribution in [2.45, 2.75) is 11.2 Å². The van der Waals surface area contributed by atoms with Crippen molar-refractivity contribution in [1.29, 1.82) is 0 Å². The molecule has 0 rings (SSSR count). The number of carboxylic acid groups (broad SMARTS) is 1. The first-order valence-electron chi connectivity index (χ1n) is 3.37. The third-order valence-corrected chi connectivity index (χ3v) is 4.25. The lowest BCUT2D eigenvalue weighted by atomic mass is 10.3. The Balaban J connectivity index is 5.71. The van der Waals surface area contributed by atoms with Crippen LogP contribution in [0.25, 0.3) is 0 Å². The zero-order chi connectivity index (χ0) is 14.3. The van der Waals surface area contributed by atoms with E-state index in [9.17, 15) is 39.2 Å². The summed E-state index contributed by atoms with van der Waals surface area (Å²) in [6.45, 7) is 0. The van der Waals surface area contributed by atoms with Crippen LogP contribution >= 0.6 is 0 Å². The van der Waals surface area contributed by atoms with Gasteiger partial charge in [0.1, 0.15) is 0 Å². The number of hydrogen-bond donors (Lipinski definition) is 2. The van der Waals surface area contributed by atoms with Gasteiger partial charge in [-0.05, 0) is 0 Å². The smallest absolute Gasteiger partial charge is 0.432 e. The lowest BCUT2D eigenvalue weighted by molar-refractivity contribution is -0.197. The third kappa shape index (κ3) is 3.04. The summed E-state index contributed by atoms with van der Waals surface area (Å²) >= 11 is 0. The van der Waals surface area contributed by atoms with Gasteiger partial charge in [-0.3, -0.25) is 0 Å². The Morgan fingerprint density at radius 2 is 1.47 bits per heavy atom. The van der Waals surface area contributed by atoms with E-state index in [1.807, 2.05) is 0 Å². The highest BCUT2D eigenvalue weighted by Crippen LogP contribution is 2.38. The van der Waals surface area contributed by atoms with Crippen LogP contribution < -0.4 is 4.13 Å². The Morgan fingerprint density at radius 3 is 1.71 bits per heavy atom.